The Balaban J connectivity index is 1.48. The maximum Gasteiger partial charge on any atom is 0.266 e. The Hall–Kier alpha value is -3.07. The molecule has 3 aliphatic rings. The van der Waals surface area contributed by atoms with Crippen molar-refractivity contribution in [3.05, 3.63) is 53.6 Å². The molecule has 0 radical (unpaired) electrons. The summed E-state index contributed by atoms with van der Waals surface area (Å²) in [5.41, 5.74) is 1.31. The molecule has 2 saturated heterocycles. The molecule has 1 aliphatic carbocycles. The molecule has 9 heteroatoms. The molecule has 2 aliphatic heterocycles. The highest BCUT2D eigenvalue weighted by molar-refractivity contribution is 6.00. The topological polar surface area (TPSA) is 68.8 Å². The van der Waals surface area contributed by atoms with Gasteiger partial charge < -0.3 is 20.0 Å². The standard InChI is InChI=1S/C25H29F2N5O2/c1-30-13-14-32(20(15-30)17-5-3-2-4-6-17)24(34)19-9-10-21(29-23(33)18-7-8-18)28-22(19)31-12-11-25(26,27)16-31/h2-6,9-10,18,20H,7-8,11-16H2,1H3,(H,28,29,33). The van der Waals surface area contributed by atoms with Crippen LogP contribution < -0.4 is 10.2 Å². The number of amides is 2. The SMILES string of the molecule is CN1CCN(C(=O)c2ccc(NC(=O)C3CC3)nc2N2CCC(F)(F)C2)C(c2ccccc2)C1. The second-order valence-corrected chi connectivity index (χ2v) is 9.55. The van der Waals surface area contributed by atoms with Gasteiger partial charge in [0.05, 0.1) is 18.2 Å². The van der Waals surface area contributed by atoms with Gasteiger partial charge in [0.15, 0.2) is 0 Å². The molecule has 34 heavy (non-hydrogen) atoms. The third kappa shape index (κ3) is 4.75. The lowest BCUT2D eigenvalue weighted by Gasteiger charge is -2.40. The van der Waals surface area contributed by atoms with Crippen LogP contribution in [0.25, 0.3) is 0 Å². The second-order valence-electron chi connectivity index (χ2n) is 9.55. The summed E-state index contributed by atoms with van der Waals surface area (Å²) >= 11 is 0. The van der Waals surface area contributed by atoms with Crippen molar-refractivity contribution in [3.8, 4) is 0 Å². The zero-order chi connectivity index (χ0) is 23.9. The highest BCUT2D eigenvalue weighted by Crippen LogP contribution is 2.35. The van der Waals surface area contributed by atoms with Crippen molar-refractivity contribution >= 4 is 23.5 Å². The molecule has 0 spiro atoms. The molecule has 180 valence electrons. The van der Waals surface area contributed by atoms with Crippen molar-refractivity contribution in [2.24, 2.45) is 5.92 Å². The van der Waals surface area contributed by atoms with E-state index in [-0.39, 0.29) is 53.9 Å². The minimum atomic E-state index is -2.84. The van der Waals surface area contributed by atoms with E-state index in [0.29, 0.717) is 13.1 Å². The molecule has 1 aromatic carbocycles. The molecular formula is C25H29F2N5O2. The van der Waals surface area contributed by atoms with Gasteiger partial charge in [0.25, 0.3) is 11.8 Å². The smallest absolute Gasteiger partial charge is 0.266 e. The first-order chi connectivity index (χ1) is 16.3. The average Bonchev–Trinajstić information content (AvgIpc) is 3.62. The summed E-state index contributed by atoms with van der Waals surface area (Å²) in [6, 6.07) is 12.9. The average molecular weight is 470 g/mol. The van der Waals surface area contributed by atoms with Crippen molar-refractivity contribution in [1.82, 2.24) is 14.8 Å². The molecule has 2 aromatic rings. The summed E-state index contributed by atoms with van der Waals surface area (Å²) in [7, 11) is 2.02. The second kappa shape index (κ2) is 8.94. The number of nitrogens with zero attached hydrogens (tertiary/aromatic N) is 4. The minimum absolute atomic E-state index is 0.0142. The predicted molar refractivity (Wildman–Crippen MR) is 125 cm³/mol. The Labute approximate surface area is 197 Å². The molecule has 3 heterocycles. The molecule has 1 N–H and O–H groups in total. The number of carbonyl (C=O) groups excluding carboxylic acids is 2. The monoisotopic (exact) mass is 469 g/mol. The maximum absolute atomic E-state index is 14.1. The predicted octanol–water partition coefficient (Wildman–Crippen LogP) is 3.40. The number of pyridine rings is 1. The summed E-state index contributed by atoms with van der Waals surface area (Å²) in [6.45, 7) is 1.52. The van der Waals surface area contributed by atoms with E-state index in [4.69, 9.17) is 0 Å². The van der Waals surface area contributed by atoms with Crippen molar-refractivity contribution in [3.63, 3.8) is 0 Å². The number of rotatable bonds is 5. The largest absolute Gasteiger partial charge is 0.350 e. The Morgan fingerprint density at radius 3 is 2.50 bits per heavy atom. The summed E-state index contributed by atoms with van der Waals surface area (Å²) in [5, 5.41) is 2.78. The number of halogens is 2. The van der Waals surface area contributed by atoms with E-state index < -0.39 is 12.5 Å². The van der Waals surface area contributed by atoms with Gasteiger partial charge in [-0.1, -0.05) is 30.3 Å². The van der Waals surface area contributed by atoms with Gasteiger partial charge in [-0.15, -0.1) is 0 Å². The third-order valence-electron chi connectivity index (χ3n) is 6.80. The molecule has 7 nitrogen and oxygen atoms in total. The van der Waals surface area contributed by atoms with Crippen LogP contribution in [-0.2, 0) is 4.79 Å². The lowest BCUT2D eigenvalue weighted by molar-refractivity contribution is -0.117. The van der Waals surface area contributed by atoms with Crippen LogP contribution in [0.5, 0.6) is 0 Å². The van der Waals surface area contributed by atoms with Gasteiger partial charge in [-0.2, -0.15) is 0 Å². The Morgan fingerprint density at radius 1 is 1.06 bits per heavy atom. The first-order valence-electron chi connectivity index (χ1n) is 11.8. The van der Waals surface area contributed by atoms with E-state index >= 15 is 0 Å². The number of anilines is 2. The summed E-state index contributed by atoms with van der Waals surface area (Å²) < 4.78 is 28.2. The van der Waals surface area contributed by atoms with Crippen molar-refractivity contribution in [2.75, 3.05) is 50.0 Å². The van der Waals surface area contributed by atoms with Gasteiger partial charge in [0, 0.05) is 38.5 Å². The van der Waals surface area contributed by atoms with Gasteiger partial charge in [-0.05, 0) is 37.6 Å². The Bertz CT molecular complexity index is 1080. The fourth-order valence-electron chi connectivity index (χ4n) is 4.69. The van der Waals surface area contributed by atoms with Crippen LogP contribution in [0.2, 0.25) is 0 Å². The summed E-state index contributed by atoms with van der Waals surface area (Å²) in [6.07, 6.45) is 1.40. The highest BCUT2D eigenvalue weighted by Gasteiger charge is 2.41. The number of carbonyl (C=O) groups is 2. The molecule has 1 saturated carbocycles. The minimum Gasteiger partial charge on any atom is -0.350 e. The molecule has 3 fully saturated rings. The Kier molecular flexibility index (Phi) is 5.97. The number of aromatic nitrogens is 1. The highest BCUT2D eigenvalue weighted by atomic mass is 19.3. The van der Waals surface area contributed by atoms with E-state index in [1.165, 1.54) is 4.90 Å². The number of piperazine rings is 1. The molecule has 0 bridgehead atoms. The van der Waals surface area contributed by atoms with Crippen molar-refractivity contribution in [2.45, 2.75) is 31.2 Å². The van der Waals surface area contributed by atoms with Gasteiger partial charge in [0.1, 0.15) is 11.6 Å². The fraction of sp³-hybridized carbons (Fsp3) is 0.480. The summed E-state index contributed by atoms with van der Waals surface area (Å²) in [4.78, 5) is 36.0. The van der Waals surface area contributed by atoms with Crippen LogP contribution in [0.15, 0.2) is 42.5 Å². The first kappa shape index (κ1) is 22.7. The van der Waals surface area contributed by atoms with Gasteiger partial charge in [-0.3, -0.25) is 9.59 Å². The van der Waals surface area contributed by atoms with Crippen molar-refractivity contribution < 1.29 is 18.4 Å². The van der Waals surface area contributed by atoms with Gasteiger partial charge in [-0.25, -0.2) is 13.8 Å². The lowest BCUT2D eigenvalue weighted by atomic mass is 10.0. The van der Waals surface area contributed by atoms with Gasteiger partial charge in [0.2, 0.25) is 5.91 Å². The van der Waals surface area contributed by atoms with Crippen LogP contribution in [0.1, 0.15) is 41.2 Å². The molecule has 5 rings (SSSR count). The summed E-state index contributed by atoms with van der Waals surface area (Å²) in [5.74, 6) is -2.71. The third-order valence-corrected chi connectivity index (χ3v) is 6.80. The van der Waals surface area contributed by atoms with Crippen LogP contribution in [0, 0.1) is 5.92 Å². The van der Waals surface area contributed by atoms with E-state index in [0.717, 1.165) is 24.9 Å². The van der Waals surface area contributed by atoms with Gasteiger partial charge >= 0.3 is 0 Å². The number of nitrogens with one attached hydrogen (secondary N) is 1. The quantitative estimate of drug-likeness (QED) is 0.727. The zero-order valence-electron chi connectivity index (χ0n) is 19.2. The van der Waals surface area contributed by atoms with Crippen molar-refractivity contribution in [1.29, 1.82) is 0 Å². The fourth-order valence-corrected chi connectivity index (χ4v) is 4.69. The molecule has 1 atom stereocenters. The van der Waals surface area contributed by atoms with E-state index in [1.54, 1.807) is 12.1 Å². The normalized spacial score (nSPS) is 22.6. The maximum atomic E-state index is 14.1. The first-order valence-corrected chi connectivity index (χ1v) is 11.8. The van der Waals surface area contributed by atoms with E-state index in [2.05, 4.69) is 15.2 Å². The number of hydrogen-bond acceptors (Lipinski definition) is 5. The number of benzene rings is 1. The van der Waals surface area contributed by atoms with Crippen LogP contribution in [0.4, 0.5) is 20.4 Å². The number of alkyl halides is 2. The lowest BCUT2D eigenvalue weighted by Crippen LogP contribution is -2.49. The molecule has 2 amide bonds. The van der Waals surface area contributed by atoms with E-state index in [9.17, 15) is 18.4 Å². The Morgan fingerprint density at radius 2 is 1.82 bits per heavy atom. The number of hydrogen-bond donors (Lipinski definition) is 1. The molecule has 1 aromatic heterocycles. The van der Waals surface area contributed by atoms with Crippen LogP contribution in [0.3, 0.4) is 0 Å². The number of likely N-dealkylation sites (N-methyl/N-ethyl adjacent to an activating group) is 1. The molecular weight excluding hydrogens is 440 g/mol. The molecule has 1 unspecified atom stereocenters. The van der Waals surface area contributed by atoms with E-state index in [1.807, 2.05) is 42.3 Å². The zero-order valence-corrected chi connectivity index (χ0v) is 19.2. The van der Waals surface area contributed by atoms with Crippen LogP contribution in [-0.4, -0.2) is 72.3 Å². The van der Waals surface area contributed by atoms with Crippen LogP contribution >= 0.6 is 0 Å².